The highest BCUT2D eigenvalue weighted by molar-refractivity contribution is 5.89. The molecule has 0 N–H and O–H groups in total. The van der Waals surface area contributed by atoms with E-state index in [1.807, 2.05) is 6.07 Å². The Morgan fingerprint density at radius 1 is 1.25 bits per heavy atom. The van der Waals surface area contributed by atoms with Gasteiger partial charge in [-0.25, -0.2) is 9.18 Å². The van der Waals surface area contributed by atoms with Crippen LogP contribution in [0.4, 0.5) is 4.39 Å². The van der Waals surface area contributed by atoms with Crippen molar-refractivity contribution in [2.45, 2.75) is 51.8 Å². The molecule has 110 valence electrons. The molecule has 0 saturated heterocycles. The molecule has 0 radical (unpaired) electrons. The molecule has 0 unspecified atom stereocenters. The SMILES string of the molecule is C[C@@H]1CC[C@@H](C(C)(C)F)[C@H](OC(=O)c2ccccc2)C1. The Hall–Kier alpha value is -1.38. The van der Waals surface area contributed by atoms with Crippen molar-refractivity contribution in [1.29, 1.82) is 0 Å². The van der Waals surface area contributed by atoms with Gasteiger partial charge in [0.1, 0.15) is 11.8 Å². The molecule has 0 aliphatic heterocycles. The molecule has 3 heteroatoms. The van der Waals surface area contributed by atoms with Crippen LogP contribution in [0.1, 0.15) is 50.4 Å². The second kappa shape index (κ2) is 5.94. The summed E-state index contributed by atoms with van der Waals surface area (Å²) in [7, 11) is 0. The fourth-order valence-corrected chi connectivity index (χ4v) is 3.02. The Morgan fingerprint density at radius 2 is 1.90 bits per heavy atom. The van der Waals surface area contributed by atoms with Crippen molar-refractivity contribution in [2.24, 2.45) is 11.8 Å². The van der Waals surface area contributed by atoms with E-state index >= 15 is 0 Å². The fraction of sp³-hybridized carbons (Fsp3) is 0.588. The van der Waals surface area contributed by atoms with Crippen LogP contribution in [0, 0.1) is 11.8 Å². The molecule has 0 amide bonds. The monoisotopic (exact) mass is 278 g/mol. The number of carbonyl (C=O) groups excluding carboxylic acids is 1. The zero-order valence-electron chi connectivity index (χ0n) is 12.4. The van der Waals surface area contributed by atoms with Gasteiger partial charge in [-0.2, -0.15) is 0 Å². The van der Waals surface area contributed by atoms with Gasteiger partial charge in [-0.15, -0.1) is 0 Å². The van der Waals surface area contributed by atoms with Gasteiger partial charge in [0.25, 0.3) is 0 Å². The summed E-state index contributed by atoms with van der Waals surface area (Å²) in [5.74, 6) is -0.0903. The third-order valence-electron chi connectivity index (χ3n) is 4.20. The molecule has 1 saturated carbocycles. The fourth-order valence-electron chi connectivity index (χ4n) is 3.02. The zero-order valence-corrected chi connectivity index (χ0v) is 12.4. The van der Waals surface area contributed by atoms with Crippen LogP contribution in [-0.4, -0.2) is 17.7 Å². The molecule has 1 aliphatic rings. The van der Waals surface area contributed by atoms with E-state index in [0.29, 0.717) is 11.5 Å². The number of rotatable bonds is 3. The normalized spacial score (nSPS) is 27.1. The van der Waals surface area contributed by atoms with Crippen molar-refractivity contribution >= 4 is 5.97 Å². The van der Waals surface area contributed by atoms with Crippen LogP contribution in [-0.2, 0) is 4.74 Å². The maximum absolute atomic E-state index is 14.3. The summed E-state index contributed by atoms with van der Waals surface area (Å²) in [4.78, 5) is 12.1. The lowest BCUT2D eigenvalue weighted by Gasteiger charge is -2.39. The second-order valence-electron chi connectivity index (χ2n) is 6.40. The highest BCUT2D eigenvalue weighted by Crippen LogP contribution is 2.39. The van der Waals surface area contributed by atoms with Gasteiger partial charge in [0, 0.05) is 5.92 Å². The first kappa shape index (κ1) is 15.0. The Bertz CT molecular complexity index is 450. The van der Waals surface area contributed by atoms with E-state index in [1.54, 1.807) is 38.1 Å². The third-order valence-corrected chi connectivity index (χ3v) is 4.20. The minimum absolute atomic E-state index is 0.216. The van der Waals surface area contributed by atoms with Gasteiger partial charge in [-0.05, 0) is 44.7 Å². The van der Waals surface area contributed by atoms with E-state index in [4.69, 9.17) is 4.74 Å². The summed E-state index contributed by atoms with van der Waals surface area (Å²) < 4.78 is 19.9. The summed E-state index contributed by atoms with van der Waals surface area (Å²) in [6.07, 6.45) is 2.19. The van der Waals surface area contributed by atoms with Gasteiger partial charge in [-0.1, -0.05) is 31.5 Å². The number of ether oxygens (including phenoxy) is 1. The molecule has 0 bridgehead atoms. The third kappa shape index (κ3) is 3.59. The quantitative estimate of drug-likeness (QED) is 0.766. The van der Waals surface area contributed by atoms with Crippen molar-refractivity contribution in [3.63, 3.8) is 0 Å². The number of benzene rings is 1. The number of esters is 1. The van der Waals surface area contributed by atoms with Crippen molar-refractivity contribution < 1.29 is 13.9 Å². The van der Waals surface area contributed by atoms with Crippen LogP contribution < -0.4 is 0 Å². The molecule has 1 fully saturated rings. The van der Waals surface area contributed by atoms with Gasteiger partial charge in [0.2, 0.25) is 0 Å². The first-order valence-electron chi connectivity index (χ1n) is 7.33. The van der Waals surface area contributed by atoms with Crippen molar-refractivity contribution in [1.82, 2.24) is 0 Å². The maximum Gasteiger partial charge on any atom is 0.338 e. The number of carbonyl (C=O) groups is 1. The Morgan fingerprint density at radius 3 is 2.50 bits per heavy atom. The molecule has 0 aromatic heterocycles. The van der Waals surface area contributed by atoms with Crippen molar-refractivity contribution in [3.05, 3.63) is 35.9 Å². The molecule has 20 heavy (non-hydrogen) atoms. The van der Waals surface area contributed by atoms with Gasteiger partial charge in [0.05, 0.1) is 5.56 Å². The van der Waals surface area contributed by atoms with Crippen LogP contribution in [0.3, 0.4) is 0 Å². The van der Waals surface area contributed by atoms with Crippen LogP contribution >= 0.6 is 0 Å². The minimum atomic E-state index is -1.32. The van der Waals surface area contributed by atoms with E-state index in [1.165, 1.54) is 0 Å². The van der Waals surface area contributed by atoms with E-state index in [2.05, 4.69) is 6.92 Å². The maximum atomic E-state index is 14.3. The number of alkyl halides is 1. The minimum Gasteiger partial charge on any atom is -0.458 e. The molecule has 0 heterocycles. The second-order valence-corrected chi connectivity index (χ2v) is 6.40. The standard InChI is InChI=1S/C17H23FO2/c1-12-9-10-14(17(2,3)18)15(11-12)20-16(19)13-7-5-4-6-8-13/h4-8,12,14-15H,9-11H2,1-3H3/t12-,14-,15-/m1/s1. The van der Waals surface area contributed by atoms with Crippen molar-refractivity contribution in [3.8, 4) is 0 Å². The molecule has 1 aromatic rings. The van der Waals surface area contributed by atoms with Crippen LogP contribution in [0.5, 0.6) is 0 Å². The van der Waals surface area contributed by atoms with Crippen LogP contribution in [0.2, 0.25) is 0 Å². The Kier molecular flexibility index (Phi) is 4.46. The predicted molar refractivity (Wildman–Crippen MR) is 77.3 cm³/mol. The average Bonchev–Trinajstić information content (AvgIpc) is 2.38. The largest absolute Gasteiger partial charge is 0.458 e. The lowest BCUT2D eigenvalue weighted by molar-refractivity contribution is -0.0490. The van der Waals surface area contributed by atoms with E-state index in [-0.39, 0.29) is 18.0 Å². The molecule has 0 spiro atoms. The first-order chi connectivity index (χ1) is 9.38. The zero-order chi connectivity index (χ0) is 14.8. The van der Waals surface area contributed by atoms with Gasteiger partial charge < -0.3 is 4.74 Å². The molecular weight excluding hydrogens is 255 g/mol. The molecule has 1 aliphatic carbocycles. The molecule has 1 aromatic carbocycles. The Labute approximate surface area is 120 Å². The molecule has 2 nitrogen and oxygen atoms in total. The summed E-state index contributed by atoms with van der Waals surface area (Å²) in [5.41, 5.74) is -0.789. The molecule has 3 atom stereocenters. The summed E-state index contributed by atoms with van der Waals surface area (Å²) in [6, 6.07) is 8.91. The number of hydrogen-bond acceptors (Lipinski definition) is 2. The van der Waals surface area contributed by atoms with Gasteiger partial charge >= 0.3 is 5.97 Å². The highest BCUT2D eigenvalue weighted by atomic mass is 19.1. The molecule has 2 rings (SSSR count). The Balaban J connectivity index is 2.10. The first-order valence-corrected chi connectivity index (χ1v) is 7.33. The lowest BCUT2D eigenvalue weighted by Crippen LogP contribution is -2.42. The van der Waals surface area contributed by atoms with E-state index in [0.717, 1.165) is 19.3 Å². The van der Waals surface area contributed by atoms with Crippen LogP contribution in [0.15, 0.2) is 30.3 Å². The summed E-state index contributed by atoms with van der Waals surface area (Å²) in [6.45, 7) is 5.29. The predicted octanol–water partition coefficient (Wildman–Crippen LogP) is 4.40. The summed E-state index contributed by atoms with van der Waals surface area (Å²) in [5, 5.41) is 0. The highest BCUT2D eigenvalue weighted by Gasteiger charge is 2.41. The molecular formula is C17H23FO2. The van der Waals surface area contributed by atoms with Crippen LogP contribution in [0.25, 0.3) is 0 Å². The van der Waals surface area contributed by atoms with E-state index < -0.39 is 5.67 Å². The average molecular weight is 278 g/mol. The lowest BCUT2D eigenvalue weighted by atomic mass is 9.74. The van der Waals surface area contributed by atoms with Gasteiger partial charge in [-0.3, -0.25) is 0 Å². The summed E-state index contributed by atoms with van der Waals surface area (Å²) >= 11 is 0. The topological polar surface area (TPSA) is 26.3 Å². The van der Waals surface area contributed by atoms with Crippen molar-refractivity contribution in [2.75, 3.05) is 0 Å². The van der Waals surface area contributed by atoms with E-state index in [9.17, 15) is 9.18 Å². The van der Waals surface area contributed by atoms with Gasteiger partial charge in [0.15, 0.2) is 0 Å². The smallest absolute Gasteiger partial charge is 0.338 e. The number of halogens is 1. The number of hydrogen-bond donors (Lipinski definition) is 0.